The summed E-state index contributed by atoms with van der Waals surface area (Å²) in [5.74, 6) is 2.58. The summed E-state index contributed by atoms with van der Waals surface area (Å²) in [7, 11) is 1.93. The lowest BCUT2D eigenvalue weighted by atomic mass is 10.1. The first-order valence-electron chi connectivity index (χ1n) is 4.68. The molecule has 0 saturated heterocycles. The van der Waals surface area contributed by atoms with E-state index >= 15 is 0 Å². The van der Waals surface area contributed by atoms with Crippen LogP contribution >= 0.6 is 15.9 Å². The van der Waals surface area contributed by atoms with E-state index in [-0.39, 0.29) is 0 Å². The van der Waals surface area contributed by atoms with Gasteiger partial charge in [-0.1, -0.05) is 27.9 Å². The van der Waals surface area contributed by atoms with Gasteiger partial charge in [-0.2, -0.15) is 0 Å². The number of hydrogen-bond acceptors (Lipinski definition) is 2. The summed E-state index contributed by atoms with van der Waals surface area (Å²) in [5.41, 5.74) is 1.91. The molecular formula is C12H14BrNO. The largest absolute Gasteiger partial charge is 0.389 e. The van der Waals surface area contributed by atoms with E-state index in [0.29, 0.717) is 6.54 Å². The van der Waals surface area contributed by atoms with Crippen LogP contribution in [0.25, 0.3) is 0 Å². The molecule has 1 aromatic rings. The van der Waals surface area contributed by atoms with Crippen molar-refractivity contribution in [2.24, 2.45) is 0 Å². The van der Waals surface area contributed by atoms with Crippen LogP contribution in [0.3, 0.4) is 0 Å². The van der Waals surface area contributed by atoms with Crippen molar-refractivity contribution in [2.75, 3.05) is 18.5 Å². The van der Waals surface area contributed by atoms with E-state index in [1.54, 1.807) is 6.92 Å². The zero-order valence-electron chi connectivity index (χ0n) is 8.87. The summed E-state index contributed by atoms with van der Waals surface area (Å²) in [6, 6.07) is 5.81. The third-order valence-electron chi connectivity index (χ3n) is 2.20. The van der Waals surface area contributed by atoms with E-state index in [0.717, 1.165) is 15.7 Å². The highest BCUT2D eigenvalue weighted by molar-refractivity contribution is 9.10. The molecule has 1 atom stereocenters. The van der Waals surface area contributed by atoms with Crippen molar-refractivity contribution in [3.05, 3.63) is 28.2 Å². The van der Waals surface area contributed by atoms with Crippen LogP contribution in [-0.4, -0.2) is 18.7 Å². The molecule has 0 aliphatic heterocycles. The van der Waals surface area contributed by atoms with Gasteiger partial charge in [0.05, 0.1) is 12.6 Å². The van der Waals surface area contributed by atoms with Gasteiger partial charge in [-0.25, -0.2) is 0 Å². The maximum atomic E-state index is 9.46. The molecule has 0 unspecified atom stereocenters. The van der Waals surface area contributed by atoms with Crippen molar-refractivity contribution in [3.8, 4) is 12.3 Å². The second-order valence-corrected chi connectivity index (χ2v) is 4.30. The molecule has 80 valence electrons. The highest BCUT2D eigenvalue weighted by atomic mass is 79.9. The molecule has 0 aliphatic carbocycles. The summed E-state index contributed by atoms with van der Waals surface area (Å²) in [6.07, 6.45) is 4.77. The number of anilines is 1. The van der Waals surface area contributed by atoms with Crippen LogP contribution in [0.2, 0.25) is 0 Å². The first-order chi connectivity index (χ1) is 7.06. The lowest BCUT2D eigenvalue weighted by Gasteiger charge is -2.18. The Morgan fingerprint density at radius 2 is 2.27 bits per heavy atom. The zero-order chi connectivity index (χ0) is 11.4. The summed E-state index contributed by atoms with van der Waals surface area (Å²) >= 11 is 3.43. The summed E-state index contributed by atoms with van der Waals surface area (Å²) in [6.45, 7) is 2.31. The summed E-state index contributed by atoms with van der Waals surface area (Å²) in [5, 5.41) is 9.46. The van der Waals surface area contributed by atoms with Gasteiger partial charge in [0.2, 0.25) is 0 Å². The third kappa shape index (κ3) is 2.98. The molecule has 1 N–H and O–H groups in total. The van der Waals surface area contributed by atoms with Gasteiger partial charge in [-0.3, -0.25) is 0 Å². The fourth-order valence-electron chi connectivity index (χ4n) is 1.32. The topological polar surface area (TPSA) is 23.5 Å². The third-order valence-corrected chi connectivity index (χ3v) is 2.89. The van der Waals surface area contributed by atoms with Crippen molar-refractivity contribution in [2.45, 2.75) is 13.0 Å². The number of nitrogens with zero attached hydrogens (tertiary/aromatic N) is 1. The molecule has 0 amide bonds. The second-order valence-electron chi connectivity index (χ2n) is 3.44. The normalized spacial score (nSPS) is 11.9. The lowest BCUT2D eigenvalue weighted by molar-refractivity contribution is 0.198. The monoisotopic (exact) mass is 267 g/mol. The number of hydrogen-bond donors (Lipinski definition) is 1. The van der Waals surface area contributed by atoms with Crippen molar-refractivity contribution >= 4 is 21.6 Å². The molecule has 0 aromatic heterocycles. The van der Waals surface area contributed by atoms with Gasteiger partial charge < -0.3 is 10.0 Å². The Kier molecular flexibility index (Phi) is 4.19. The van der Waals surface area contributed by atoms with Crippen LogP contribution < -0.4 is 4.90 Å². The molecule has 0 radical (unpaired) electrons. The summed E-state index contributed by atoms with van der Waals surface area (Å²) in [4.78, 5) is 1.97. The predicted molar refractivity (Wildman–Crippen MR) is 66.9 cm³/mol. The smallest absolute Gasteiger partial charge is 0.0788 e. The molecule has 15 heavy (non-hydrogen) atoms. The van der Waals surface area contributed by atoms with Gasteiger partial charge in [-0.05, 0) is 24.6 Å². The van der Waals surface area contributed by atoms with Crippen LogP contribution in [-0.2, 0) is 0 Å². The van der Waals surface area contributed by atoms with Crippen molar-refractivity contribution < 1.29 is 5.11 Å². The van der Waals surface area contributed by atoms with Gasteiger partial charge in [0.25, 0.3) is 0 Å². The molecule has 0 spiro atoms. The van der Waals surface area contributed by atoms with E-state index in [1.165, 1.54) is 0 Å². The van der Waals surface area contributed by atoms with E-state index < -0.39 is 6.10 Å². The maximum Gasteiger partial charge on any atom is 0.0788 e. The number of rotatable bonds is 3. The number of aliphatic hydroxyl groups is 1. The Labute approximate surface area is 99.0 Å². The molecule has 3 heteroatoms. The second kappa shape index (κ2) is 5.20. The Hall–Kier alpha value is -0.980. The number of aliphatic hydroxyl groups excluding tert-OH is 1. The van der Waals surface area contributed by atoms with Crippen LogP contribution in [0, 0.1) is 12.3 Å². The van der Waals surface area contributed by atoms with Gasteiger partial charge >= 0.3 is 0 Å². The molecule has 0 aliphatic rings. The van der Waals surface area contributed by atoms with E-state index in [9.17, 15) is 5.11 Å². The van der Waals surface area contributed by atoms with Crippen LogP contribution in [0.15, 0.2) is 22.7 Å². The van der Waals surface area contributed by atoms with Crippen LogP contribution in [0.1, 0.15) is 18.6 Å². The Bertz CT molecular complexity index is 382. The first kappa shape index (κ1) is 12.1. The fraction of sp³-hybridized carbons (Fsp3) is 0.333. The lowest BCUT2D eigenvalue weighted by Crippen LogP contribution is -2.16. The average molecular weight is 268 g/mol. The number of terminal acetylenes is 1. The van der Waals surface area contributed by atoms with E-state index in [1.807, 2.05) is 30.1 Å². The maximum absolute atomic E-state index is 9.46. The molecular weight excluding hydrogens is 254 g/mol. The quantitative estimate of drug-likeness (QED) is 0.852. The molecule has 0 heterocycles. The molecule has 0 bridgehead atoms. The number of halogens is 1. The predicted octanol–water partition coefficient (Wildman–Crippen LogP) is 2.57. The van der Waals surface area contributed by atoms with Gasteiger partial charge in [-0.15, -0.1) is 6.42 Å². The van der Waals surface area contributed by atoms with Crippen LogP contribution in [0.5, 0.6) is 0 Å². The minimum absolute atomic E-state index is 0.466. The van der Waals surface area contributed by atoms with Crippen LogP contribution in [0.4, 0.5) is 5.69 Å². The van der Waals surface area contributed by atoms with Crippen molar-refractivity contribution in [3.63, 3.8) is 0 Å². The highest BCUT2D eigenvalue weighted by Crippen LogP contribution is 2.27. The highest BCUT2D eigenvalue weighted by Gasteiger charge is 2.08. The van der Waals surface area contributed by atoms with Gasteiger partial charge in [0.1, 0.15) is 0 Å². The van der Waals surface area contributed by atoms with Crippen molar-refractivity contribution in [1.82, 2.24) is 0 Å². The molecule has 1 rings (SSSR count). The van der Waals surface area contributed by atoms with Gasteiger partial charge in [0, 0.05) is 17.2 Å². The zero-order valence-corrected chi connectivity index (χ0v) is 10.5. The van der Waals surface area contributed by atoms with Crippen molar-refractivity contribution in [1.29, 1.82) is 0 Å². The number of benzene rings is 1. The van der Waals surface area contributed by atoms with E-state index in [2.05, 4.69) is 21.9 Å². The van der Waals surface area contributed by atoms with Gasteiger partial charge in [0.15, 0.2) is 0 Å². The van der Waals surface area contributed by atoms with E-state index in [4.69, 9.17) is 6.42 Å². The summed E-state index contributed by atoms with van der Waals surface area (Å²) < 4.78 is 0.902. The Morgan fingerprint density at radius 3 is 2.73 bits per heavy atom. The fourth-order valence-corrected chi connectivity index (χ4v) is 2.02. The molecule has 2 nitrogen and oxygen atoms in total. The Morgan fingerprint density at radius 1 is 1.60 bits per heavy atom. The molecule has 0 fully saturated rings. The molecule has 0 saturated carbocycles. The minimum Gasteiger partial charge on any atom is -0.389 e. The molecule has 1 aromatic carbocycles. The Balaban J connectivity index is 2.97. The first-order valence-corrected chi connectivity index (χ1v) is 5.47. The minimum atomic E-state index is -0.466. The SMILES string of the molecule is C#CCN(C)c1ccc([C@H](C)O)c(Br)c1. The standard InChI is InChI=1S/C12H14BrNO/c1-4-7-14(3)10-5-6-11(9(2)15)12(13)8-10/h1,5-6,8-9,15H,7H2,2-3H3/t9-/m0/s1. The average Bonchev–Trinajstić information content (AvgIpc) is 2.17.